The molecule has 132 valence electrons. The van der Waals surface area contributed by atoms with Gasteiger partial charge in [0.2, 0.25) is 20.0 Å². The number of rotatable bonds is 6. The summed E-state index contributed by atoms with van der Waals surface area (Å²) in [6.45, 7) is 0. The molecule has 0 aliphatic heterocycles. The molecule has 2 aromatic carbocycles. The predicted molar refractivity (Wildman–Crippen MR) is 117 cm³/mol. The molecule has 0 heterocycles. The largest absolute Gasteiger partial charge is 0.246 e. The lowest BCUT2D eigenvalue weighted by molar-refractivity contribution is 0.587. The summed E-state index contributed by atoms with van der Waals surface area (Å²) in [7, 11) is -8.26. The van der Waals surface area contributed by atoms with Crippen LogP contribution in [-0.2, 0) is 20.0 Å². The first-order valence-electron chi connectivity index (χ1n) is 6.81. The summed E-state index contributed by atoms with van der Waals surface area (Å²) in [5.74, 6) is 0. The molecule has 0 fully saturated rings. The van der Waals surface area contributed by atoms with Crippen molar-refractivity contribution in [2.75, 3.05) is 0 Å². The first-order valence-corrected chi connectivity index (χ1v) is 12.1. The monoisotopic (exact) mass is 601 g/mol. The van der Waals surface area contributed by atoms with Gasteiger partial charge in [-0.1, -0.05) is 24.3 Å². The second kappa shape index (κ2) is 8.75. The molecule has 0 atom stereocenters. The zero-order valence-corrected chi connectivity index (χ0v) is 18.6. The quantitative estimate of drug-likeness (QED) is 0.512. The fourth-order valence-corrected chi connectivity index (χ4v) is 4.83. The minimum atomic E-state index is -4.13. The van der Waals surface area contributed by atoms with E-state index in [1.165, 1.54) is 12.2 Å². The van der Waals surface area contributed by atoms with Gasteiger partial charge in [0.1, 0.15) is 0 Å². The first kappa shape index (κ1) is 20.6. The Balaban J connectivity index is 2.09. The summed E-state index contributed by atoms with van der Waals surface area (Å²) in [6.07, 6.45) is 2.66. The van der Waals surface area contributed by atoms with E-state index in [-0.39, 0.29) is 0 Å². The summed E-state index contributed by atoms with van der Waals surface area (Å²) < 4.78 is 51.4. The van der Waals surface area contributed by atoms with E-state index in [4.69, 9.17) is 0 Å². The summed E-state index contributed by atoms with van der Waals surface area (Å²) in [6, 6.07) is 14.2. The van der Waals surface area contributed by atoms with Crippen molar-refractivity contribution in [1.29, 1.82) is 0 Å². The normalized spacial score (nSPS) is 12.9. The van der Waals surface area contributed by atoms with Gasteiger partial charge in [-0.2, -0.15) is 0 Å². The first-order chi connectivity index (χ1) is 11.7. The highest BCUT2D eigenvalue weighted by molar-refractivity contribution is 14.1. The van der Waals surface area contributed by atoms with Gasteiger partial charge in [0.15, 0.2) is 0 Å². The molecule has 25 heavy (non-hydrogen) atoms. The highest BCUT2D eigenvalue weighted by Gasteiger charge is 2.15. The zero-order valence-electron chi connectivity index (χ0n) is 12.6. The molecule has 0 amide bonds. The third kappa shape index (κ3) is 7.56. The molecule has 0 aliphatic rings. The van der Waals surface area contributed by atoms with Crippen molar-refractivity contribution in [2.24, 2.45) is 0 Å². The van der Waals surface area contributed by atoms with Gasteiger partial charge in [-0.05, 0) is 92.7 Å². The van der Waals surface area contributed by atoms with Crippen LogP contribution in [0.4, 0.5) is 0 Å². The van der Waals surface area contributed by atoms with E-state index in [1.54, 1.807) is 28.4 Å². The Morgan fingerprint density at radius 1 is 0.640 bits per heavy atom. The number of sulfonamides is 2. The lowest BCUT2D eigenvalue weighted by Gasteiger charge is -2.01. The van der Waals surface area contributed by atoms with Gasteiger partial charge in [-0.25, -0.2) is 16.8 Å². The third-order valence-corrected chi connectivity index (χ3v) is 7.14. The van der Waals surface area contributed by atoms with Gasteiger partial charge in [0.25, 0.3) is 0 Å². The van der Waals surface area contributed by atoms with Crippen molar-refractivity contribution in [1.82, 2.24) is 4.13 Å². The van der Waals surface area contributed by atoms with E-state index in [1.807, 2.05) is 24.3 Å². The molecule has 0 unspecified atom stereocenters. The predicted octanol–water partition coefficient (Wildman–Crippen LogP) is 3.79. The molecule has 0 aliphatic carbocycles. The van der Waals surface area contributed by atoms with E-state index in [9.17, 15) is 16.8 Å². The Kier molecular flexibility index (Phi) is 7.19. The van der Waals surface area contributed by atoms with Crippen LogP contribution in [0.1, 0.15) is 11.1 Å². The topological polar surface area (TPSA) is 80.3 Å². The molecule has 0 radical (unpaired) electrons. The minimum Gasteiger partial charge on any atom is -0.207 e. The van der Waals surface area contributed by atoms with Crippen LogP contribution in [0.3, 0.4) is 0 Å². The van der Waals surface area contributed by atoms with Gasteiger partial charge in [-0.3, -0.25) is 0 Å². The van der Waals surface area contributed by atoms with Crippen LogP contribution in [0.15, 0.2) is 59.3 Å². The molecule has 0 spiro atoms. The summed E-state index contributed by atoms with van der Waals surface area (Å²) in [5.41, 5.74) is 1.30. The average Bonchev–Trinajstić information content (AvgIpc) is 2.53. The minimum absolute atomic E-state index is 0.651. The van der Waals surface area contributed by atoms with Crippen LogP contribution in [0, 0.1) is 7.14 Å². The van der Waals surface area contributed by atoms with Crippen molar-refractivity contribution >= 4 is 77.4 Å². The fraction of sp³-hybridized carbons (Fsp3) is 0. The molecule has 0 saturated carbocycles. The third-order valence-electron chi connectivity index (χ3n) is 2.85. The summed E-state index contributed by atoms with van der Waals surface area (Å²) in [5, 5.41) is 1.65. The smallest absolute Gasteiger partial charge is 0.207 e. The molecule has 0 aromatic heterocycles. The highest BCUT2D eigenvalue weighted by atomic mass is 127. The molecular weight excluding hydrogens is 588 g/mol. The maximum atomic E-state index is 11.9. The van der Waals surface area contributed by atoms with Crippen molar-refractivity contribution < 1.29 is 16.8 Å². The number of halogens is 2. The van der Waals surface area contributed by atoms with Crippen molar-refractivity contribution in [2.45, 2.75) is 0 Å². The lowest BCUT2D eigenvalue weighted by Crippen LogP contribution is -2.26. The molecule has 2 aromatic rings. The average molecular weight is 601 g/mol. The maximum absolute atomic E-state index is 11.9. The van der Waals surface area contributed by atoms with Crippen molar-refractivity contribution in [3.05, 3.63) is 77.6 Å². The number of hydrogen-bond acceptors (Lipinski definition) is 4. The number of nitrogens with one attached hydrogen (secondary N) is 1. The van der Waals surface area contributed by atoms with E-state index >= 15 is 0 Å². The van der Waals surface area contributed by atoms with Crippen molar-refractivity contribution in [3.8, 4) is 0 Å². The summed E-state index contributed by atoms with van der Waals surface area (Å²) >= 11 is 4.26. The van der Waals surface area contributed by atoms with Crippen LogP contribution in [0.2, 0.25) is 0 Å². The van der Waals surface area contributed by atoms with Crippen LogP contribution in [0.25, 0.3) is 12.2 Å². The lowest BCUT2D eigenvalue weighted by atomic mass is 10.2. The Labute approximate surface area is 174 Å². The van der Waals surface area contributed by atoms with Gasteiger partial charge in [-0.15, -0.1) is 4.13 Å². The Morgan fingerprint density at radius 2 is 0.960 bits per heavy atom. The zero-order chi connectivity index (χ0) is 18.5. The standard InChI is InChI=1S/C16H13I2NO4S2/c17-15-5-1-13(2-6-15)9-11-24(20,21)19-25(22,23)12-10-14-3-7-16(18)8-4-14/h1-12,19H/b11-9-,12-10+. The molecule has 0 saturated heterocycles. The number of benzene rings is 2. The fourth-order valence-electron chi connectivity index (χ4n) is 1.70. The van der Waals surface area contributed by atoms with Crippen LogP contribution >= 0.6 is 45.2 Å². The maximum Gasteiger partial charge on any atom is 0.246 e. The molecule has 9 heteroatoms. The second-order valence-electron chi connectivity index (χ2n) is 4.88. The van der Waals surface area contributed by atoms with Gasteiger partial charge in [0, 0.05) is 18.0 Å². The molecule has 0 bridgehead atoms. The van der Waals surface area contributed by atoms with E-state index in [0.29, 0.717) is 11.1 Å². The van der Waals surface area contributed by atoms with E-state index < -0.39 is 20.0 Å². The SMILES string of the molecule is O=S(=O)(/C=C\c1ccc(I)cc1)NS(=O)(=O)/C=C/c1ccc(I)cc1. The van der Waals surface area contributed by atoms with Crippen LogP contribution in [-0.4, -0.2) is 16.8 Å². The van der Waals surface area contributed by atoms with E-state index in [0.717, 1.165) is 18.0 Å². The summed E-state index contributed by atoms with van der Waals surface area (Å²) in [4.78, 5) is 0. The Hall–Kier alpha value is -0.760. The molecule has 2 rings (SSSR count). The second-order valence-corrected chi connectivity index (χ2v) is 10.8. The van der Waals surface area contributed by atoms with Gasteiger partial charge in [0.05, 0.1) is 0 Å². The van der Waals surface area contributed by atoms with Gasteiger partial charge >= 0.3 is 0 Å². The molecular formula is C16H13I2NO4S2. The van der Waals surface area contributed by atoms with Gasteiger partial charge < -0.3 is 0 Å². The number of hydrogen-bond donors (Lipinski definition) is 1. The Morgan fingerprint density at radius 3 is 1.28 bits per heavy atom. The van der Waals surface area contributed by atoms with Crippen LogP contribution in [0.5, 0.6) is 0 Å². The van der Waals surface area contributed by atoms with Crippen molar-refractivity contribution in [3.63, 3.8) is 0 Å². The molecule has 5 nitrogen and oxygen atoms in total. The van der Waals surface area contributed by atoms with E-state index in [2.05, 4.69) is 45.2 Å². The Bertz CT molecular complexity index is 912. The molecule has 1 N–H and O–H groups in total. The highest BCUT2D eigenvalue weighted by Crippen LogP contribution is 2.10. The van der Waals surface area contributed by atoms with Crippen LogP contribution < -0.4 is 4.13 Å².